The first-order valence-corrected chi connectivity index (χ1v) is 6.92. The summed E-state index contributed by atoms with van der Waals surface area (Å²) in [6.45, 7) is -0.0228. The van der Waals surface area contributed by atoms with Crippen molar-refractivity contribution in [1.82, 2.24) is 5.32 Å². The predicted molar refractivity (Wildman–Crippen MR) is 79.5 cm³/mol. The summed E-state index contributed by atoms with van der Waals surface area (Å²) in [6.07, 6.45) is 0.852. The molecule has 1 amide bonds. The summed E-state index contributed by atoms with van der Waals surface area (Å²) in [6, 6.07) is 10.6. The topological polar surface area (TPSA) is 38.3 Å². The number of aryl methyl sites for hydroxylation is 1. The van der Waals surface area contributed by atoms with Crippen LogP contribution in [0.4, 0.5) is 8.78 Å². The molecule has 0 radical (unpaired) electrons. The van der Waals surface area contributed by atoms with Gasteiger partial charge in [-0.1, -0.05) is 12.1 Å². The summed E-state index contributed by atoms with van der Waals surface area (Å²) < 4.78 is 31.5. The average molecular weight is 305 g/mol. The summed E-state index contributed by atoms with van der Waals surface area (Å²) in [5, 5.41) is 2.59. The Labute approximate surface area is 127 Å². The molecule has 2 rings (SSSR count). The monoisotopic (exact) mass is 305 g/mol. The third kappa shape index (κ3) is 4.55. The maximum absolute atomic E-state index is 13.4. The number of hydrogen-bond donors (Lipinski definition) is 1. The van der Waals surface area contributed by atoms with Gasteiger partial charge in [-0.2, -0.15) is 0 Å². The van der Waals surface area contributed by atoms with Crippen LogP contribution in [0.15, 0.2) is 42.5 Å². The molecule has 0 aliphatic rings. The molecule has 2 aromatic rings. The zero-order valence-corrected chi connectivity index (χ0v) is 12.2. The maximum atomic E-state index is 13.4. The molecule has 1 N–H and O–H groups in total. The fraction of sp³-hybridized carbons (Fsp3) is 0.235. The zero-order valence-electron chi connectivity index (χ0n) is 12.2. The Morgan fingerprint density at radius 3 is 2.55 bits per heavy atom. The highest BCUT2D eigenvalue weighted by Crippen LogP contribution is 2.13. The summed E-state index contributed by atoms with van der Waals surface area (Å²) in [5.41, 5.74) is 1.14. The second-order valence-electron chi connectivity index (χ2n) is 4.86. The normalized spacial score (nSPS) is 10.3. The first-order chi connectivity index (χ1) is 10.6. The Morgan fingerprint density at radius 2 is 1.86 bits per heavy atom. The van der Waals surface area contributed by atoms with E-state index in [1.807, 2.05) is 24.3 Å². The predicted octanol–water partition coefficient (Wildman–Crippen LogP) is 3.22. The van der Waals surface area contributed by atoms with E-state index in [-0.39, 0.29) is 24.4 Å². The van der Waals surface area contributed by atoms with Gasteiger partial charge in [0.15, 0.2) is 0 Å². The molecule has 0 saturated carbocycles. The van der Waals surface area contributed by atoms with Crippen LogP contribution in [-0.4, -0.2) is 13.0 Å². The van der Waals surface area contributed by atoms with Crippen LogP contribution in [0.1, 0.15) is 17.5 Å². The Balaban J connectivity index is 1.81. The van der Waals surface area contributed by atoms with Crippen molar-refractivity contribution in [2.75, 3.05) is 7.11 Å². The molecule has 0 aliphatic heterocycles. The van der Waals surface area contributed by atoms with Crippen molar-refractivity contribution < 1.29 is 18.3 Å². The molecule has 0 atom stereocenters. The van der Waals surface area contributed by atoms with E-state index < -0.39 is 11.6 Å². The lowest BCUT2D eigenvalue weighted by Gasteiger charge is -2.07. The van der Waals surface area contributed by atoms with E-state index in [1.165, 1.54) is 0 Å². The van der Waals surface area contributed by atoms with E-state index in [2.05, 4.69) is 5.32 Å². The highest BCUT2D eigenvalue weighted by Gasteiger charge is 2.07. The average Bonchev–Trinajstić information content (AvgIpc) is 2.54. The van der Waals surface area contributed by atoms with E-state index in [9.17, 15) is 13.6 Å². The molecule has 0 aromatic heterocycles. The summed E-state index contributed by atoms with van der Waals surface area (Å²) in [7, 11) is 1.59. The van der Waals surface area contributed by atoms with Gasteiger partial charge in [0.05, 0.1) is 7.11 Å². The summed E-state index contributed by atoms with van der Waals surface area (Å²) in [4.78, 5) is 11.8. The van der Waals surface area contributed by atoms with Gasteiger partial charge in [-0.15, -0.1) is 0 Å². The molecule has 5 heteroatoms. The lowest BCUT2D eigenvalue weighted by Crippen LogP contribution is -2.23. The minimum absolute atomic E-state index is 0.0228. The minimum Gasteiger partial charge on any atom is -0.497 e. The van der Waals surface area contributed by atoms with Crippen LogP contribution >= 0.6 is 0 Å². The van der Waals surface area contributed by atoms with Crippen molar-refractivity contribution in [3.8, 4) is 5.75 Å². The van der Waals surface area contributed by atoms with Gasteiger partial charge in [0.2, 0.25) is 5.91 Å². The van der Waals surface area contributed by atoms with Gasteiger partial charge in [-0.25, -0.2) is 8.78 Å². The van der Waals surface area contributed by atoms with E-state index >= 15 is 0 Å². The standard InChI is InChI=1S/C17H17F2NO2/c1-22-15-6-2-12(3-7-15)4-9-17(21)20-11-13-10-14(18)5-8-16(13)19/h2-3,5-8,10H,4,9,11H2,1H3,(H,20,21). The van der Waals surface area contributed by atoms with E-state index in [1.54, 1.807) is 7.11 Å². The van der Waals surface area contributed by atoms with Crippen LogP contribution < -0.4 is 10.1 Å². The quantitative estimate of drug-likeness (QED) is 0.890. The van der Waals surface area contributed by atoms with Gasteiger partial charge in [-0.05, 0) is 42.3 Å². The van der Waals surface area contributed by atoms with E-state index in [0.29, 0.717) is 6.42 Å². The molecule has 0 fully saturated rings. The van der Waals surface area contributed by atoms with Gasteiger partial charge in [-0.3, -0.25) is 4.79 Å². The molecular formula is C17H17F2NO2. The van der Waals surface area contributed by atoms with Crippen molar-refractivity contribution in [3.63, 3.8) is 0 Å². The van der Waals surface area contributed by atoms with Crippen LogP contribution in [0.3, 0.4) is 0 Å². The number of rotatable bonds is 6. The van der Waals surface area contributed by atoms with Crippen LogP contribution in [0.25, 0.3) is 0 Å². The van der Waals surface area contributed by atoms with Crippen LogP contribution in [-0.2, 0) is 17.8 Å². The summed E-state index contributed by atoms with van der Waals surface area (Å²) >= 11 is 0. The highest BCUT2D eigenvalue weighted by molar-refractivity contribution is 5.76. The third-order valence-corrected chi connectivity index (χ3v) is 3.28. The molecule has 0 heterocycles. The molecule has 0 unspecified atom stereocenters. The first kappa shape index (κ1) is 15.9. The van der Waals surface area contributed by atoms with Gasteiger partial charge in [0, 0.05) is 18.5 Å². The largest absolute Gasteiger partial charge is 0.497 e. The number of ether oxygens (including phenoxy) is 1. The van der Waals surface area contributed by atoms with Gasteiger partial charge < -0.3 is 10.1 Å². The molecule has 0 saturated heterocycles. The molecule has 116 valence electrons. The molecular weight excluding hydrogens is 288 g/mol. The number of halogens is 2. The molecule has 0 spiro atoms. The van der Waals surface area contributed by atoms with Crippen molar-refractivity contribution in [1.29, 1.82) is 0 Å². The van der Waals surface area contributed by atoms with E-state index in [0.717, 1.165) is 29.5 Å². The van der Waals surface area contributed by atoms with Crippen molar-refractivity contribution in [2.45, 2.75) is 19.4 Å². The van der Waals surface area contributed by atoms with Gasteiger partial charge in [0.25, 0.3) is 0 Å². The molecule has 22 heavy (non-hydrogen) atoms. The summed E-state index contributed by atoms with van der Waals surface area (Å²) in [5.74, 6) is -0.505. The number of nitrogens with one attached hydrogen (secondary N) is 1. The highest BCUT2D eigenvalue weighted by atomic mass is 19.1. The zero-order chi connectivity index (χ0) is 15.9. The number of benzene rings is 2. The Hall–Kier alpha value is -2.43. The van der Waals surface area contributed by atoms with Gasteiger partial charge >= 0.3 is 0 Å². The minimum atomic E-state index is -0.531. The smallest absolute Gasteiger partial charge is 0.220 e. The van der Waals surface area contributed by atoms with E-state index in [4.69, 9.17) is 4.74 Å². The second kappa shape index (κ2) is 7.54. The first-order valence-electron chi connectivity index (χ1n) is 6.92. The van der Waals surface area contributed by atoms with Crippen LogP contribution in [0, 0.1) is 11.6 Å². The lowest BCUT2D eigenvalue weighted by molar-refractivity contribution is -0.121. The lowest BCUT2D eigenvalue weighted by atomic mass is 10.1. The number of amides is 1. The van der Waals surface area contributed by atoms with Crippen molar-refractivity contribution in [3.05, 3.63) is 65.2 Å². The fourth-order valence-electron chi connectivity index (χ4n) is 2.01. The SMILES string of the molecule is COc1ccc(CCC(=O)NCc2cc(F)ccc2F)cc1. The molecule has 3 nitrogen and oxygen atoms in total. The number of hydrogen-bond acceptors (Lipinski definition) is 2. The number of methoxy groups -OCH3 is 1. The Kier molecular flexibility index (Phi) is 5.47. The maximum Gasteiger partial charge on any atom is 0.220 e. The van der Waals surface area contributed by atoms with Crippen molar-refractivity contribution in [2.24, 2.45) is 0 Å². The van der Waals surface area contributed by atoms with Crippen LogP contribution in [0.2, 0.25) is 0 Å². The number of carbonyl (C=O) groups excluding carboxylic acids is 1. The van der Waals surface area contributed by atoms with Crippen LogP contribution in [0.5, 0.6) is 5.75 Å². The number of carbonyl (C=O) groups is 1. The molecule has 0 bridgehead atoms. The molecule has 0 aliphatic carbocycles. The Morgan fingerprint density at radius 1 is 1.14 bits per heavy atom. The third-order valence-electron chi connectivity index (χ3n) is 3.28. The fourth-order valence-corrected chi connectivity index (χ4v) is 2.01. The second-order valence-corrected chi connectivity index (χ2v) is 4.86. The Bertz CT molecular complexity index is 642. The van der Waals surface area contributed by atoms with Crippen molar-refractivity contribution >= 4 is 5.91 Å². The van der Waals surface area contributed by atoms with Gasteiger partial charge in [0.1, 0.15) is 17.4 Å². The molecule has 2 aromatic carbocycles.